The lowest BCUT2D eigenvalue weighted by Crippen LogP contribution is -2.48. The summed E-state index contributed by atoms with van der Waals surface area (Å²) in [6, 6.07) is 0.250. The molecule has 1 fully saturated rings. The van der Waals surface area contributed by atoms with Crippen LogP contribution >= 0.6 is 0 Å². The van der Waals surface area contributed by atoms with Gasteiger partial charge in [0, 0.05) is 24.8 Å². The van der Waals surface area contributed by atoms with Crippen LogP contribution in [0.3, 0.4) is 0 Å². The Morgan fingerprint density at radius 1 is 1.57 bits per heavy atom. The Morgan fingerprint density at radius 3 is 3.00 bits per heavy atom. The molecule has 2 heterocycles. The van der Waals surface area contributed by atoms with Gasteiger partial charge < -0.3 is 16.0 Å². The third kappa shape index (κ3) is 3.83. The summed E-state index contributed by atoms with van der Waals surface area (Å²) >= 11 is 0. The molecule has 1 aromatic rings. The summed E-state index contributed by atoms with van der Waals surface area (Å²) in [4.78, 5) is 14.8. The summed E-state index contributed by atoms with van der Waals surface area (Å²) in [6.07, 6.45) is 3.54. The van der Waals surface area contributed by atoms with Gasteiger partial charge in [-0.15, -0.1) is 0 Å². The second kappa shape index (κ2) is 7.04. The normalized spacial score (nSPS) is 23.2. The van der Waals surface area contributed by atoms with E-state index in [9.17, 15) is 4.79 Å². The lowest BCUT2D eigenvalue weighted by molar-refractivity contribution is 0.0883. The summed E-state index contributed by atoms with van der Waals surface area (Å²) in [5.41, 5.74) is 7.12. The van der Waals surface area contributed by atoms with Crippen molar-refractivity contribution in [1.82, 2.24) is 20.0 Å². The van der Waals surface area contributed by atoms with Crippen molar-refractivity contribution >= 4 is 5.91 Å². The number of rotatable bonds is 5. The minimum atomic E-state index is -0.00657. The fourth-order valence-corrected chi connectivity index (χ4v) is 2.95. The van der Waals surface area contributed by atoms with Gasteiger partial charge in [0.2, 0.25) is 0 Å². The molecule has 2 atom stereocenters. The molecule has 1 aliphatic rings. The van der Waals surface area contributed by atoms with E-state index < -0.39 is 0 Å². The number of amides is 1. The van der Waals surface area contributed by atoms with Gasteiger partial charge in [0.25, 0.3) is 5.91 Å². The molecule has 21 heavy (non-hydrogen) atoms. The highest BCUT2D eigenvalue weighted by Gasteiger charge is 2.26. The average Bonchev–Trinajstić information content (AvgIpc) is 2.81. The van der Waals surface area contributed by atoms with E-state index >= 15 is 0 Å². The van der Waals surface area contributed by atoms with E-state index in [4.69, 9.17) is 5.73 Å². The van der Waals surface area contributed by atoms with E-state index in [0.717, 1.165) is 38.2 Å². The second-order valence-electron chi connectivity index (χ2n) is 6.12. The first kappa shape index (κ1) is 16.0. The van der Waals surface area contributed by atoms with Crippen LogP contribution in [0.1, 0.15) is 35.8 Å². The van der Waals surface area contributed by atoms with E-state index in [1.165, 1.54) is 0 Å². The van der Waals surface area contributed by atoms with Gasteiger partial charge in [-0.2, -0.15) is 5.10 Å². The molecular formula is C15H27N5O. The first-order chi connectivity index (χ1) is 10.0. The summed E-state index contributed by atoms with van der Waals surface area (Å²) in [7, 11) is 2.13. The quantitative estimate of drug-likeness (QED) is 0.834. The summed E-state index contributed by atoms with van der Waals surface area (Å²) in [5.74, 6) is 0.466. The molecule has 1 amide bonds. The van der Waals surface area contributed by atoms with Crippen LogP contribution in [0.2, 0.25) is 0 Å². The molecule has 1 aliphatic heterocycles. The van der Waals surface area contributed by atoms with E-state index in [0.29, 0.717) is 18.0 Å². The van der Waals surface area contributed by atoms with Crippen LogP contribution in [0.25, 0.3) is 0 Å². The molecular weight excluding hydrogens is 266 g/mol. The van der Waals surface area contributed by atoms with Crippen LogP contribution in [0.4, 0.5) is 0 Å². The zero-order valence-corrected chi connectivity index (χ0v) is 13.3. The molecule has 0 bridgehead atoms. The van der Waals surface area contributed by atoms with Gasteiger partial charge in [-0.1, -0.05) is 6.92 Å². The standard InChI is InChI=1S/C15H27N5O/c1-11-10-19(3)8-5-14(11)18-15(21)13-9-17-20(12(13)2)7-4-6-16/h9,11,14H,4-8,10,16H2,1-3H3,(H,18,21). The Kier molecular flexibility index (Phi) is 5.36. The smallest absolute Gasteiger partial charge is 0.254 e. The zero-order valence-electron chi connectivity index (χ0n) is 13.3. The number of piperidine rings is 1. The van der Waals surface area contributed by atoms with Crippen molar-refractivity contribution in [2.45, 2.75) is 39.3 Å². The monoisotopic (exact) mass is 293 g/mol. The molecule has 1 saturated heterocycles. The van der Waals surface area contributed by atoms with Crippen LogP contribution in [-0.4, -0.2) is 53.3 Å². The first-order valence-electron chi connectivity index (χ1n) is 7.74. The largest absolute Gasteiger partial charge is 0.349 e. The maximum atomic E-state index is 12.4. The molecule has 1 aromatic heterocycles. The first-order valence-corrected chi connectivity index (χ1v) is 7.74. The fraction of sp³-hybridized carbons (Fsp3) is 0.733. The minimum Gasteiger partial charge on any atom is -0.349 e. The highest BCUT2D eigenvalue weighted by molar-refractivity contribution is 5.95. The number of nitrogens with one attached hydrogen (secondary N) is 1. The predicted octanol–water partition coefficient (Wildman–Crippen LogP) is 0.610. The van der Waals surface area contributed by atoms with Gasteiger partial charge >= 0.3 is 0 Å². The Hall–Kier alpha value is -1.40. The number of aromatic nitrogens is 2. The predicted molar refractivity (Wildman–Crippen MR) is 83.2 cm³/mol. The number of nitrogens with two attached hydrogens (primary N) is 1. The summed E-state index contributed by atoms with van der Waals surface area (Å²) < 4.78 is 1.86. The third-order valence-corrected chi connectivity index (χ3v) is 4.35. The number of hydrogen-bond donors (Lipinski definition) is 2. The van der Waals surface area contributed by atoms with Crippen LogP contribution in [-0.2, 0) is 6.54 Å². The van der Waals surface area contributed by atoms with Crippen molar-refractivity contribution in [3.63, 3.8) is 0 Å². The van der Waals surface area contributed by atoms with Crippen molar-refractivity contribution in [3.8, 4) is 0 Å². The van der Waals surface area contributed by atoms with E-state index in [-0.39, 0.29) is 11.9 Å². The maximum absolute atomic E-state index is 12.4. The highest BCUT2D eigenvalue weighted by atomic mass is 16.1. The van der Waals surface area contributed by atoms with E-state index in [2.05, 4.69) is 29.3 Å². The summed E-state index contributed by atoms with van der Waals surface area (Å²) in [6.45, 7) is 7.59. The second-order valence-corrected chi connectivity index (χ2v) is 6.12. The molecule has 0 saturated carbocycles. The molecule has 0 aromatic carbocycles. The number of nitrogens with zero attached hydrogens (tertiary/aromatic N) is 3. The molecule has 2 unspecified atom stereocenters. The van der Waals surface area contributed by atoms with Crippen molar-refractivity contribution < 1.29 is 4.79 Å². The van der Waals surface area contributed by atoms with Gasteiger partial charge in [0.05, 0.1) is 11.8 Å². The minimum absolute atomic E-state index is 0.00657. The average molecular weight is 293 g/mol. The fourth-order valence-electron chi connectivity index (χ4n) is 2.95. The molecule has 2 rings (SSSR count). The lowest BCUT2D eigenvalue weighted by Gasteiger charge is -2.35. The van der Waals surface area contributed by atoms with E-state index in [1.807, 2.05) is 11.6 Å². The van der Waals surface area contributed by atoms with Crippen molar-refractivity contribution in [2.75, 3.05) is 26.7 Å². The van der Waals surface area contributed by atoms with Gasteiger partial charge in [-0.05, 0) is 45.8 Å². The van der Waals surface area contributed by atoms with Crippen LogP contribution in [0.15, 0.2) is 6.20 Å². The highest BCUT2D eigenvalue weighted by Crippen LogP contribution is 2.16. The number of aryl methyl sites for hydroxylation is 1. The SMILES string of the molecule is Cc1c(C(=O)NC2CCN(C)CC2C)cnn1CCCN. The molecule has 0 radical (unpaired) electrons. The molecule has 6 heteroatoms. The third-order valence-electron chi connectivity index (χ3n) is 4.35. The molecule has 3 N–H and O–H groups in total. The lowest BCUT2D eigenvalue weighted by atomic mass is 9.94. The van der Waals surface area contributed by atoms with E-state index in [1.54, 1.807) is 6.20 Å². The Morgan fingerprint density at radius 2 is 2.33 bits per heavy atom. The van der Waals surface area contributed by atoms with Crippen LogP contribution < -0.4 is 11.1 Å². The molecule has 118 valence electrons. The Bertz CT molecular complexity index is 484. The zero-order chi connectivity index (χ0) is 15.4. The van der Waals surface area contributed by atoms with Gasteiger partial charge in [-0.25, -0.2) is 0 Å². The van der Waals surface area contributed by atoms with Crippen LogP contribution in [0.5, 0.6) is 0 Å². The molecule has 0 aliphatic carbocycles. The van der Waals surface area contributed by atoms with Gasteiger partial charge in [-0.3, -0.25) is 9.48 Å². The molecule has 6 nitrogen and oxygen atoms in total. The Labute approximate surface area is 126 Å². The number of carbonyl (C=O) groups is 1. The number of hydrogen-bond acceptors (Lipinski definition) is 4. The van der Waals surface area contributed by atoms with Gasteiger partial charge in [0.1, 0.15) is 0 Å². The van der Waals surface area contributed by atoms with Crippen molar-refractivity contribution in [2.24, 2.45) is 11.7 Å². The number of likely N-dealkylation sites (tertiary alicyclic amines) is 1. The van der Waals surface area contributed by atoms with Crippen molar-refractivity contribution in [1.29, 1.82) is 0 Å². The Balaban J connectivity index is 1.98. The maximum Gasteiger partial charge on any atom is 0.254 e. The molecule has 0 spiro atoms. The summed E-state index contributed by atoms with van der Waals surface area (Å²) in [5, 5.41) is 7.46. The van der Waals surface area contributed by atoms with Crippen molar-refractivity contribution in [3.05, 3.63) is 17.5 Å². The van der Waals surface area contributed by atoms with Crippen LogP contribution in [0, 0.1) is 12.8 Å². The topological polar surface area (TPSA) is 76.2 Å². The number of carbonyl (C=O) groups excluding carboxylic acids is 1. The van der Waals surface area contributed by atoms with Gasteiger partial charge in [0.15, 0.2) is 0 Å².